The highest BCUT2D eigenvalue weighted by Gasteiger charge is 2.35. The Hall–Kier alpha value is -2.51. The van der Waals surface area contributed by atoms with Crippen molar-refractivity contribution in [2.45, 2.75) is 25.8 Å². The van der Waals surface area contributed by atoms with Crippen molar-refractivity contribution in [1.82, 2.24) is 19.7 Å². The summed E-state index contributed by atoms with van der Waals surface area (Å²) in [5.41, 5.74) is 0.584. The summed E-state index contributed by atoms with van der Waals surface area (Å²) >= 11 is 1.58. The van der Waals surface area contributed by atoms with Crippen LogP contribution in [0.15, 0.2) is 47.8 Å². The largest absolute Gasteiger partial charge is 0.380 e. The van der Waals surface area contributed by atoms with Crippen LogP contribution in [-0.4, -0.2) is 50.9 Å². The fraction of sp³-hybridized carbons (Fsp3) is 0.350. The number of aromatic nitrogens is 3. The van der Waals surface area contributed by atoms with Gasteiger partial charge in [-0.1, -0.05) is 24.3 Å². The van der Waals surface area contributed by atoms with Gasteiger partial charge < -0.3 is 9.64 Å². The Bertz CT molecular complexity index is 919. The van der Waals surface area contributed by atoms with Gasteiger partial charge in [0.15, 0.2) is 5.82 Å². The molecule has 3 aromatic rings. The van der Waals surface area contributed by atoms with Crippen LogP contribution in [0.5, 0.6) is 0 Å². The number of carbonyl (C=O) groups excluding carboxylic acids is 1. The number of carbonyl (C=O) groups is 1. The lowest BCUT2D eigenvalue weighted by Crippen LogP contribution is -2.48. The zero-order valence-electron chi connectivity index (χ0n) is 15.5. The topological polar surface area (TPSA) is 60.2 Å². The van der Waals surface area contributed by atoms with Crippen LogP contribution in [0, 0.1) is 0 Å². The number of para-hydroxylation sites is 1. The molecule has 0 aliphatic carbocycles. The van der Waals surface area contributed by atoms with Gasteiger partial charge in [0.25, 0.3) is 5.91 Å². The highest BCUT2D eigenvalue weighted by Crippen LogP contribution is 2.27. The minimum absolute atomic E-state index is 0.155. The highest BCUT2D eigenvalue weighted by molar-refractivity contribution is 7.13. The third kappa shape index (κ3) is 3.52. The average Bonchev–Trinajstić information content (AvgIpc) is 3.30. The van der Waals surface area contributed by atoms with Gasteiger partial charge >= 0.3 is 0 Å². The minimum Gasteiger partial charge on any atom is -0.380 e. The molecule has 0 radical (unpaired) electrons. The molecule has 6 nitrogen and oxygen atoms in total. The second-order valence-corrected chi connectivity index (χ2v) is 8.06. The molecular formula is C20H22N4O2S. The summed E-state index contributed by atoms with van der Waals surface area (Å²) in [7, 11) is 0. The van der Waals surface area contributed by atoms with Crippen molar-refractivity contribution in [2.75, 3.05) is 19.8 Å². The van der Waals surface area contributed by atoms with Crippen molar-refractivity contribution in [2.24, 2.45) is 0 Å². The van der Waals surface area contributed by atoms with Crippen LogP contribution in [0.2, 0.25) is 0 Å². The number of nitrogens with zero attached hydrogens (tertiary/aromatic N) is 4. The standard InChI is InChI=1S/C20H22N4O2S/c1-20(2)10-12-26-13-11-23(20)19(25)17-21-18(16-9-6-14-27-16)24(22-17)15-7-4-3-5-8-15/h3-9,14H,10-13H2,1-2H3. The molecule has 0 atom stereocenters. The lowest BCUT2D eigenvalue weighted by molar-refractivity contribution is 0.0549. The van der Waals surface area contributed by atoms with Crippen LogP contribution < -0.4 is 0 Å². The quantitative estimate of drug-likeness (QED) is 0.694. The molecule has 0 spiro atoms. The first-order chi connectivity index (χ1) is 13.1. The number of hydrogen-bond acceptors (Lipinski definition) is 5. The van der Waals surface area contributed by atoms with E-state index in [0.717, 1.165) is 17.0 Å². The Labute approximate surface area is 162 Å². The monoisotopic (exact) mass is 382 g/mol. The van der Waals surface area contributed by atoms with Crippen LogP contribution in [0.25, 0.3) is 16.4 Å². The van der Waals surface area contributed by atoms with Crippen molar-refractivity contribution in [1.29, 1.82) is 0 Å². The zero-order valence-corrected chi connectivity index (χ0v) is 16.3. The van der Waals surface area contributed by atoms with Gasteiger partial charge in [-0.3, -0.25) is 4.79 Å². The number of amides is 1. The van der Waals surface area contributed by atoms with Gasteiger partial charge in [-0.2, -0.15) is 0 Å². The van der Waals surface area contributed by atoms with E-state index in [9.17, 15) is 4.79 Å². The van der Waals surface area contributed by atoms with Crippen LogP contribution in [0.1, 0.15) is 30.9 Å². The molecule has 0 saturated carbocycles. The molecule has 2 aromatic heterocycles. The lowest BCUT2D eigenvalue weighted by Gasteiger charge is -2.35. The number of benzene rings is 1. The van der Waals surface area contributed by atoms with E-state index in [0.29, 0.717) is 25.6 Å². The van der Waals surface area contributed by atoms with E-state index in [2.05, 4.69) is 23.9 Å². The first kappa shape index (κ1) is 17.9. The first-order valence-corrected chi connectivity index (χ1v) is 9.90. The Morgan fingerprint density at radius 3 is 2.70 bits per heavy atom. The summed E-state index contributed by atoms with van der Waals surface area (Å²) < 4.78 is 7.32. The van der Waals surface area contributed by atoms with Crippen molar-refractivity contribution < 1.29 is 9.53 Å². The minimum atomic E-state index is -0.297. The van der Waals surface area contributed by atoms with Crippen LogP contribution in [0.3, 0.4) is 0 Å². The maximum absolute atomic E-state index is 13.3. The molecule has 0 unspecified atom stereocenters. The average molecular weight is 382 g/mol. The summed E-state index contributed by atoms with van der Waals surface area (Å²) in [5.74, 6) is 0.749. The molecule has 3 heterocycles. The van der Waals surface area contributed by atoms with Crippen LogP contribution in [0.4, 0.5) is 0 Å². The molecule has 1 aromatic carbocycles. The van der Waals surface area contributed by atoms with E-state index >= 15 is 0 Å². The molecule has 27 heavy (non-hydrogen) atoms. The highest BCUT2D eigenvalue weighted by atomic mass is 32.1. The Morgan fingerprint density at radius 2 is 1.96 bits per heavy atom. The molecule has 1 saturated heterocycles. The maximum Gasteiger partial charge on any atom is 0.294 e. The number of hydrogen-bond donors (Lipinski definition) is 0. The predicted octanol–water partition coefficient (Wildman–Crippen LogP) is 3.64. The Morgan fingerprint density at radius 1 is 1.15 bits per heavy atom. The van der Waals surface area contributed by atoms with Gasteiger partial charge in [0, 0.05) is 18.7 Å². The Balaban J connectivity index is 1.76. The fourth-order valence-electron chi connectivity index (χ4n) is 3.23. The molecule has 4 rings (SSSR count). The molecular weight excluding hydrogens is 360 g/mol. The second-order valence-electron chi connectivity index (χ2n) is 7.12. The fourth-order valence-corrected chi connectivity index (χ4v) is 3.93. The van der Waals surface area contributed by atoms with Crippen molar-refractivity contribution in [3.63, 3.8) is 0 Å². The van der Waals surface area contributed by atoms with E-state index in [1.54, 1.807) is 16.0 Å². The zero-order chi connectivity index (χ0) is 18.9. The van der Waals surface area contributed by atoms with Crippen molar-refractivity contribution in [3.8, 4) is 16.4 Å². The van der Waals surface area contributed by atoms with Crippen LogP contribution in [-0.2, 0) is 4.74 Å². The summed E-state index contributed by atoms with van der Waals surface area (Å²) in [6.45, 7) is 5.86. The molecule has 1 fully saturated rings. The van der Waals surface area contributed by atoms with E-state index in [4.69, 9.17) is 4.74 Å². The molecule has 1 aliphatic rings. The van der Waals surface area contributed by atoms with E-state index < -0.39 is 0 Å². The van der Waals surface area contributed by atoms with E-state index in [1.165, 1.54) is 0 Å². The van der Waals surface area contributed by atoms with Gasteiger partial charge in [0.1, 0.15) is 0 Å². The van der Waals surface area contributed by atoms with Crippen molar-refractivity contribution >= 4 is 17.2 Å². The predicted molar refractivity (Wildman–Crippen MR) is 105 cm³/mol. The molecule has 1 aliphatic heterocycles. The third-order valence-electron chi connectivity index (χ3n) is 4.83. The van der Waals surface area contributed by atoms with Gasteiger partial charge in [-0.05, 0) is 43.8 Å². The maximum atomic E-state index is 13.3. The molecule has 0 bridgehead atoms. The van der Waals surface area contributed by atoms with Crippen molar-refractivity contribution in [3.05, 3.63) is 53.7 Å². The number of ether oxygens (including phenoxy) is 1. The summed E-state index contributed by atoms with van der Waals surface area (Å²) in [6, 6.07) is 13.7. The Kier molecular flexibility index (Phi) is 4.80. The molecule has 1 amide bonds. The SMILES string of the molecule is CC1(C)CCOCCN1C(=O)c1nc(-c2cccs2)n(-c2ccccc2)n1. The van der Waals surface area contributed by atoms with Gasteiger partial charge in [-0.25, -0.2) is 9.67 Å². The molecule has 0 N–H and O–H groups in total. The molecule has 140 valence electrons. The normalized spacial score (nSPS) is 16.9. The van der Waals surface area contributed by atoms with Gasteiger partial charge in [-0.15, -0.1) is 16.4 Å². The third-order valence-corrected chi connectivity index (χ3v) is 5.70. The number of rotatable bonds is 3. The second kappa shape index (κ2) is 7.25. The summed E-state index contributed by atoms with van der Waals surface area (Å²) in [5, 5.41) is 6.58. The van der Waals surface area contributed by atoms with E-state index in [1.807, 2.05) is 52.7 Å². The van der Waals surface area contributed by atoms with Crippen LogP contribution >= 0.6 is 11.3 Å². The van der Waals surface area contributed by atoms with E-state index in [-0.39, 0.29) is 17.3 Å². The smallest absolute Gasteiger partial charge is 0.294 e. The summed E-state index contributed by atoms with van der Waals surface area (Å²) in [6.07, 6.45) is 0.788. The lowest BCUT2D eigenvalue weighted by atomic mass is 9.98. The number of thiophene rings is 1. The summed E-state index contributed by atoms with van der Waals surface area (Å²) in [4.78, 5) is 20.7. The first-order valence-electron chi connectivity index (χ1n) is 9.02. The molecule has 7 heteroatoms. The van der Waals surface area contributed by atoms with Gasteiger partial charge in [0.05, 0.1) is 17.2 Å². The van der Waals surface area contributed by atoms with Gasteiger partial charge in [0.2, 0.25) is 5.82 Å².